The Morgan fingerprint density at radius 1 is 1.15 bits per heavy atom. The molecule has 1 N–H and O–H groups in total. The monoisotopic (exact) mass is 308 g/mol. The molecular weight excluding hydrogens is 292 g/mol. The first-order valence-corrected chi connectivity index (χ1v) is 8.06. The smallest absolute Gasteiger partial charge is 0.128 e. The van der Waals surface area contributed by atoms with E-state index in [0.29, 0.717) is 6.54 Å². The fourth-order valence-corrected chi connectivity index (χ4v) is 3.24. The third-order valence-electron chi connectivity index (χ3n) is 3.40. The first-order chi connectivity index (χ1) is 9.81. The number of nitrogens with zero attached hydrogens (tertiary/aromatic N) is 3. The molecular formula is C14H17ClN4S. The number of anilines is 2. The molecule has 0 amide bonds. The highest BCUT2D eigenvalue weighted by Crippen LogP contribution is 2.21. The number of thiazole rings is 1. The number of rotatable bonds is 4. The van der Waals surface area contributed by atoms with E-state index in [0.717, 1.165) is 33.9 Å². The summed E-state index contributed by atoms with van der Waals surface area (Å²) in [4.78, 5) is 11.1. The minimum Gasteiger partial charge on any atom is -0.377 e. The van der Waals surface area contributed by atoms with Gasteiger partial charge >= 0.3 is 0 Å². The van der Waals surface area contributed by atoms with Crippen LogP contribution in [-0.2, 0) is 6.54 Å². The van der Waals surface area contributed by atoms with Crippen LogP contribution >= 0.6 is 22.9 Å². The zero-order valence-electron chi connectivity index (χ0n) is 11.2. The number of hydrogen-bond donors (Lipinski definition) is 1. The predicted molar refractivity (Wildman–Crippen MR) is 84.8 cm³/mol. The van der Waals surface area contributed by atoms with E-state index in [-0.39, 0.29) is 0 Å². The quantitative estimate of drug-likeness (QED) is 0.933. The fraction of sp³-hybridized carbons (Fsp3) is 0.429. The van der Waals surface area contributed by atoms with Crippen molar-refractivity contribution in [3.8, 4) is 0 Å². The van der Waals surface area contributed by atoms with Gasteiger partial charge in [0.25, 0.3) is 0 Å². The molecule has 0 spiro atoms. The fourth-order valence-electron chi connectivity index (χ4n) is 2.35. The van der Waals surface area contributed by atoms with Crippen LogP contribution in [0.1, 0.15) is 24.3 Å². The molecule has 2 aromatic rings. The normalized spacial score (nSPS) is 15.3. The zero-order valence-corrected chi connectivity index (χ0v) is 12.8. The van der Waals surface area contributed by atoms with Crippen molar-refractivity contribution in [2.45, 2.75) is 25.8 Å². The molecule has 20 heavy (non-hydrogen) atoms. The maximum absolute atomic E-state index is 5.86. The molecule has 0 aromatic carbocycles. The highest BCUT2D eigenvalue weighted by Gasteiger charge is 2.11. The van der Waals surface area contributed by atoms with E-state index in [1.807, 2.05) is 6.20 Å². The number of nitrogens with one attached hydrogen (secondary N) is 1. The topological polar surface area (TPSA) is 41.1 Å². The van der Waals surface area contributed by atoms with Crippen molar-refractivity contribution < 1.29 is 0 Å². The van der Waals surface area contributed by atoms with E-state index < -0.39 is 0 Å². The van der Waals surface area contributed by atoms with Gasteiger partial charge in [-0.15, -0.1) is 11.3 Å². The Morgan fingerprint density at radius 3 is 2.65 bits per heavy atom. The van der Waals surface area contributed by atoms with Gasteiger partial charge in [-0.1, -0.05) is 11.6 Å². The lowest BCUT2D eigenvalue weighted by Crippen LogP contribution is -2.30. The zero-order chi connectivity index (χ0) is 13.8. The molecule has 0 atom stereocenters. The van der Waals surface area contributed by atoms with E-state index in [4.69, 9.17) is 11.6 Å². The van der Waals surface area contributed by atoms with Crippen LogP contribution < -0.4 is 10.2 Å². The number of aromatic nitrogens is 2. The van der Waals surface area contributed by atoms with E-state index in [9.17, 15) is 0 Å². The van der Waals surface area contributed by atoms with E-state index in [1.165, 1.54) is 30.6 Å². The second-order valence-corrected chi connectivity index (χ2v) is 6.61. The molecule has 3 heterocycles. The maximum atomic E-state index is 5.86. The Hall–Kier alpha value is -1.33. The Balaban J connectivity index is 1.58. The molecule has 106 valence electrons. The second kappa shape index (κ2) is 6.41. The molecule has 0 unspecified atom stereocenters. The van der Waals surface area contributed by atoms with Crippen LogP contribution in [0.15, 0.2) is 24.5 Å². The Bertz CT molecular complexity index is 549. The third kappa shape index (κ3) is 3.41. The van der Waals surface area contributed by atoms with Gasteiger partial charge in [0, 0.05) is 13.1 Å². The van der Waals surface area contributed by atoms with Crippen LogP contribution in [0.3, 0.4) is 0 Å². The van der Waals surface area contributed by atoms with Crippen LogP contribution in [0, 0.1) is 0 Å². The maximum Gasteiger partial charge on any atom is 0.128 e. The minimum absolute atomic E-state index is 0.683. The second-order valence-electron chi connectivity index (χ2n) is 4.86. The van der Waals surface area contributed by atoms with Gasteiger partial charge in [0.05, 0.1) is 24.6 Å². The van der Waals surface area contributed by atoms with E-state index >= 15 is 0 Å². The first-order valence-electron chi connectivity index (χ1n) is 6.86. The summed E-state index contributed by atoms with van der Waals surface area (Å²) in [7, 11) is 0. The van der Waals surface area contributed by atoms with Gasteiger partial charge < -0.3 is 10.2 Å². The van der Waals surface area contributed by atoms with Gasteiger partial charge in [-0.3, -0.25) is 0 Å². The van der Waals surface area contributed by atoms with Crippen molar-refractivity contribution in [1.29, 1.82) is 0 Å². The van der Waals surface area contributed by atoms with E-state index in [2.05, 4.69) is 32.3 Å². The van der Waals surface area contributed by atoms with Crippen molar-refractivity contribution in [3.05, 3.63) is 33.9 Å². The molecule has 0 radical (unpaired) electrons. The Labute approximate surface area is 127 Å². The van der Waals surface area contributed by atoms with Gasteiger partial charge in [0.1, 0.15) is 15.2 Å². The largest absolute Gasteiger partial charge is 0.377 e. The van der Waals surface area contributed by atoms with Crippen LogP contribution in [0.5, 0.6) is 0 Å². The first kappa shape index (κ1) is 13.6. The van der Waals surface area contributed by atoms with Crippen molar-refractivity contribution in [3.63, 3.8) is 0 Å². The molecule has 0 saturated carbocycles. The summed E-state index contributed by atoms with van der Waals surface area (Å²) in [5, 5.41) is 4.29. The highest BCUT2D eigenvalue weighted by molar-refractivity contribution is 7.15. The lowest BCUT2D eigenvalue weighted by molar-refractivity contribution is 0.573. The SMILES string of the molecule is Clc1cnc(CNc2ccc(N3CCCCC3)nc2)s1. The summed E-state index contributed by atoms with van der Waals surface area (Å²) in [6, 6.07) is 4.16. The Kier molecular flexibility index (Phi) is 4.38. The summed E-state index contributed by atoms with van der Waals surface area (Å²) in [5.41, 5.74) is 1.01. The van der Waals surface area contributed by atoms with Gasteiger partial charge in [-0.2, -0.15) is 0 Å². The van der Waals surface area contributed by atoms with Crippen molar-refractivity contribution in [2.24, 2.45) is 0 Å². The van der Waals surface area contributed by atoms with Gasteiger partial charge in [-0.25, -0.2) is 9.97 Å². The molecule has 0 bridgehead atoms. The van der Waals surface area contributed by atoms with E-state index in [1.54, 1.807) is 6.20 Å². The van der Waals surface area contributed by atoms with Gasteiger partial charge in [-0.05, 0) is 31.4 Å². The van der Waals surface area contributed by atoms with Crippen molar-refractivity contribution in [1.82, 2.24) is 9.97 Å². The average molecular weight is 309 g/mol. The average Bonchev–Trinajstić information content (AvgIpc) is 2.92. The van der Waals surface area contributed by atoms with Crippen molar-refractivity contribution >= 4 is 34.4 Å². The predicted octanol–water partition coefficient (Wildman–Crippen LogP) is 3.79. The molecule has 1 fully saturated rings. The van der Waals surface area contributed by atoms with Gasteiger partial charge in [0.15, 0.2) is 0 Å². The number of halogens is 1. The van der Waals surface area contributed by atoms with Crippen LogP contribution in [0.2, 0.25) is 4.34 Å². The summed E-state index contributed by atoms with van der Waals surface area (Å²) in [5.74, 6) is 1.08. The summed E-state index contributed by atoms with van der Waals surface area (Å²) in [6.45, 7) is 2.93. The molecule has 1 aliphatic rings. The number of piperidine rings is 1. The van der Waals surface area contributed by atoms with Gasteiger partial charge in [0.2, 0.25) is 0 Å². The third-order valence-corrected chi connectivity index (χ3v) is 4.51. The number of hydrogen-bond acceptors (Lipinski definition) is 5. The summed E-state index contributed by atoms with van der Waals surface area (Å²) >= 11 is 7.36. The molecule has 1 saturated heterocycles. The molecule has 0 aliphatic carbocycles. The summed E-state index contributed by atoms with van der Waals surface area (Å²) in [6.07, 6.45) is 7.45. The lowest BCUT2D eigenvalue weighted by Gasteiger charge is -2.27. The molecule has 4 nitrogen and oxygen atoms in total. The Morgan fingerprint density at radius 2 is 2.00 bits per heavy atom. The summed E-state index contributed by atoms with van der Waals surface area (Å²) < 4.78 is 0.723. The molecule has 1 aliphatic heterocycles. The minimum atomic E-state index is 0.683. The standard InChI is InChI=1S/C14H17ClN4S/c15-12-9-18-14(20-12)10-16-11-4-5-13(17-8-11)19-6-2-1-3-7-19/h4-5,8-9,16H,1-3,6-7,10H2. The number of pyridine rings is 1. The highest BCUT2D eigenvalue weighted by atomic mass is 35.5. The van der Waals surface area contributed by atoms with Crippen LogP contribution in [-0.4, -0.2) is 23.1 Å². The molecule has 3 rings (SSSR count). The van der Waals surface area contributed by atoms with Crippen LogP contribution in [0.25, 0.3) is 0 Å². The molecule has 6 heteroatoms. The van der Waals surface area contributed by atoms with Crippen LogP contribution in [0.4, 0.5) is 11.5 Å². The van der Waals surface area contributed by atoms with Crippen molar-refractivity contribution in [2.75, 3.05) is 23.3 Å². The molecule has 2 aromatic heterocycles. The lowest BCUT2D eigenvalue weighted by atomic mass is 10.1.